The normalized spacial score (nSPS) is 14.3. The molecule has 1 N–H and O–H groups in total. The highest BCUT2D eigenvalue weighted by Crippen LogP contribution is 2.30. The number of fused-ring (bicyclic) bond motifs is 1. The Hall–Kier alpha value is -3.23. The van der Waals surface area contributed by atoms with Crippen molar-refractivity contribution in [1.82, 2.24) is 24.8 Å². The second-order valence-electron chi connectivity index (χ2n) is 6.61. The molecule has 0 radical (unpaired) electrons. The van der Waals surface area contributed by atoms with E-state index in [9.17, 15) is 0 Å². The van der Waals surface area contributed by atoms with Gasteiger partial charge in [0, 0.05) is 36.7 Å². The second-order valence-corrected chi connectivity index (χ2v) is 7.02. The molecule has 9 heteroatoms. The summed E-state index contributed by atoms with van der Waals surface area (Å²) in [5, 5.41) is 12.4. The van der Waals surface area contributed by atoms with Gasteiger partial charge >= 0.3 is 0 Å². The van der Waals surface area contributed by atoms with Gasteiger partial charge < -0.3 is 15.0 Å². The number of nitrogens with one attached hydrogen (secondary N) is 1. The Labute approximate surface area is 172 Å². The smallest absolute Gasteiger partial charge is 0.227 e. The lowest BCUT2D eigenvalue weighted by Crippen LogP contribution is -2.36. The summed E-state index contributed by atoms with van der Waals surface area (Å²) in [7, 11) is 0. The Bertz CT molecular complexity index is 1160. The standard InChI is InChI=1S/C20H18ClN7O/c21-16-12-14(3-4-19(16)27-8-10-29-11-9-27)25-20-22-7-5-17(26-20)15-13-24-28-18(15)2-1-6-23-28/h1-7,12-13H,8-11H2,(H,22,25,26). The van der Waals surface area contributed by atoms with Gasteiger partial charge in [-0.25, -0.2) is 9.97 Å². The van der Waals surface area contributed by atoms with Crippen molar-refractivity contribution in [3.05, 3.63) is 60.0 Å². The molecule has 0 amide bonds. The molecule has 4 heterocycles. The van der Waals surface area contributed by atoms with Crippen molar-refractivity contribution in [1.29, 1.82) is 0 Å². The van der Waals surface area contributed by atoms with Gasteiger partial charge in [0.25, 0.3) is 0 Å². The van der Waals surface area contributed by atoms with Crippen LogP contribution >= 0.6 is 11.6 Å². The topological polar surface area (TPSA) is 80.5 Å². The highest BCUT2D eigenvalue weighted by Gasteiger charge is 2.15. The lowest BCUT2D eigenvalue weighted by Gasteiger charge is -2.29. The van der Waals surface area contributed by atoms with Gasteiger partial charge in [-0.05, 0) is 36.4 Å². The van der Waals surface area contributed by atoms with Crippen LogP contribution in [-0.4, -0.2) is 51.1 Å². The van der Waals surface area contributed by atoms with E-state index in [2.05, 4.69) is 30.4 Å². The Morgan fingerprint density at radius 2 is 1.93 bits per heavy atom. The average molecular weight is 408 g/mol. The molecule has 1 saturated heterocycles. The predicted octanol–water partition coefficient (Wildman–Crippen LogP) is 3.42. The Morgan fingerprint density at radius 1 is 1.03 bits per heavy atom. The number of hydrogen-bond donors (Lipinski definition) is 1. The number of anilines is 3. The van der Waals surface area contributed by atoms with E-state index in [0.29, 0.717) is 11.0 Å². The zero-order valence-electron chi connectivity index (χ0n) is 15.5. The van der Waals surface area contributed by atoms with E-state index in [4.69, 9.17) is 16.3 Å². The zero-order valence-corrected chi connectivity index (χ0v) is 16.3. The van der Waals surface area contributed by atoms with Crippen molar-refractivity contribution in [2.45, 2.75) is 0 Å². The van der Waals surface area contributed by atoms with Crippen LogP contribution in [0.25, 0.3) is 16.8 Å². The average Bonchev–Trinajstić information content (AvgIpc) is 3.19. The van der Waals surface area contributed by atoms with Crippen LogP contribution in [0, 0.1) is 0 Å². The molecule has 8 nitrogen and oxygen atoms in total. The first-order valence-electron chi connectivity index (χ1n) is 9.30. The fourth-order valence-corrected chi connectivity index (χ4v) is 3.67. The molecule has 0 spiro atoms. The van der Waals surface area contributed by atoms with Crippen LogP contribution in [0.3, 0.4) is 0 Å². The van der Waals surface area contributed by atoms with Crippen LogP contribution < -0.4 is 10.2 Å². The molecule has 1 aromatic carbocycles. The zero-order chi connectivity index (χ0) is 19.6. The number of nitrogens with zero attached hydrogens (tertiary/aromatic N) is 6. The molecular formula is C20H18ClN7O. The Morgan fingerprint density at radius 3 is 2.79 bits per heavy atom. The summed E-state index contributed by atoms with van der Waals surface area (Å²) in [4.78, 5) is 11.2. The van der Waals surface area contributed by atoms with E-state index in [1.165, 1.54) is 0 Å². The SMILES string of the molecule is Clc1cc(Nc2nccc(-c3cnn4ncccc34)n2)ccc1N1CCOCC1. The van der Waals surface area contributed by atoms with Crippen LogP contribution in [0.1, 0.15) is 0 Å². The van der Waals surface area contributed by atoms with Gasteiger partial charge in [0.2, 0.25) is 5.95 Å². The third kappa shape index (κ3) is 3.59. The van der Waals surface area contributed by atoms with Crippen LogP contribution in [0.5, 0.6) is 0 Å². The minimum atomic E-state index is 0.487. The molecule has 0 unspecified atom stereocenters. The van der Waals surface area contributed by atoms with E-state index in [1.807, 2.05) is 36.4 Å². The highest BCUT2D eigenvalue weighted by atomic mass is 35.5. The molecule has 0 bridgehead atoms. The maximum atomic E-state index is 6.53. The maximum absolute atomic E-state index is 6.53. The largest absolute Gasteiger partial charge is 0.378 e. The van der Waals surface area contributed by atoms with E-state index < -0.39 is 0 Å². The molecule has 1 aliphatic heterocycles. The first kappa shape index (κ1) is 17.8. The summed E-state index contributed by atoms with van der Waals surface area (Å²) in [5.74, 6) is 0.487. The quantitative estimate of drug-likeness (QED) is 0.555. The maximum Gasteiger partial charge on any atom is 0.227 e. The van der Waals surface area contributed by atoms with Gasteiger partial charge in [0.05, 0.1) is 41.3 Å². The molecule has 146 valence electrons. The molecule has 29 heavy (non-hydrogen) atoms. The number of hydrogen-bond acceptors (Lipinski definition) is 7. The molecule has 1 fully saturated rings. The molecule has 0 saturated carbocycles. The number of rotatable bonds is 4. The molecule has 1 aliphatic rings. The van der Waals surface area contributed by atoms with Crippen LogP contribution in [0.15, 0.2) is 55.0 Å². The predicted molar refractivity (Wildman–Crippen MR) is 112 cm³/mol. The molecular weight excluding hydrogens is 390 g/mol. The minimum Gasteiger partial charge on any atom is -0.378 e. The molecule has 0 aliphatic carbocycles. The van der Waals surface area contributed by atoms with Gasteiger partial charge in [-0.1, -0.05) is 11.6 Å². The first-order valence-corrected chi connectivity index (χ1v) is 9.67. The van der Waals surface area contributed by atoms with Crippen molar-refractivity contribution in [3.63, 3.8) is 0 Å². The number of halogens is 1. The van der Waals surface area contributed by atoms with Gasteiger partial charge in [-0.3, -0.25) is 0 Å². The Kier molecular flexibility index (Phi) is 4.71. The van der Waals surface area contributed by atoms with E-state index in [-0.39, 0.29) is 0 Å². The minimum absolute atomic E-state index is 0.487. The number of morpholine rings is 1. The second kappa shape index (κ2) is 7.65. The van der Waals surface area contributed by atoms with Crippen LogP contribution in [0.4, 0.5) is 17.3 Å². The van der Waals surface area contributed by atoms with Crippen LogP contribution in [-0.2, 0) is 4.74 Å². The van der Waals surface area contributed by atoms with E-state index in [0.717, 1.165) is 54.5 Å². The van der Waals surface area contributed by atoms with E-state index in [1.54, 1.807) is 23.2 Å². The monoisotopic (exact) mass is 407 g/mol. The summed E-state index contributed by atoms with van der Waals surface area (Å²) in [6.07, 6.45) is 5.16. The highest BCUT2D eigenvalue weighted by molar-refractivity contribution is 6.33. The number of benzene rings is 1. The van der Waals surface area contributed by atoms with Crippen molar-refractivity contribution >= 4 is 34.4 Å². The fraction of sp³-hybridized carbons (Fsp3) is 0.200. The van der Waals surface area contributed by atoms with Gasteiger partial charge in [-0.2, -0.15) is 14.8 Å². The van der Waals surface area contributed by atoms with Crippen molar-refractivity contribution in [3.8, 4) is 11.3 Å². The summed E-state index contributed by atoms with van der Waals surface area (Å²) >= 11 is 6.53. The van der Waals surface area contributed by atoms with Gasteiger partial charge in [0.15, 0.2) is 0 Å². The lowest BCUT2D eigenvalue weighted by molar-refractivity contribution is 0.122. The van der Waals surface area contributed by atoms with Crippen molar-refractivity contribution in [2.75, 3.05) is 36.5 Å². The van der Waals surface area contributed by atoms with Gasteiger partial charge in [0.1, 0.15) is 0 Å². The summed E-state index contributed by atoms with van der Waals surface area (Å²) in [6.45, 7) is 3.12. The Balaban J connectivity index is 1.40. The first-order chi connectivity index (χ1) is 14.3. The summed E-state index contributed by atoms with van der Waals surface area (Å²) in [6, 6.07) is 11.6. The lowest BCUT2D eigenvalue weighted by atomic mass is 10.2. The molecule has 0 atom stereocenters. The van der Waals surface area contributed by atoms with Crippen molar-refractivity contribution < 1.29 is 4.74 Å². The fourth-order valence-electron chi connectivity index (χ4n) is 3.37. The third-order valence-electron chi connectivity index (χ3n) is 4.79. The van der Waals surface area contributed by atoms with Crippen LogP contribution in [0.2, 0.25) is 5.02 Å². The van der Waals surface area contributed by atoms with Crippen molar-refractivity contribution in [2.24, 2.45) is 0 Å². The third-order valence-corrected chi connectivity index (χ3v) is 5.09. The van der Waals surface area contributed by atoms with E-state index >= 15 is 0 Å². The summed E-state index contributed by atoms with van der Waals surface area (Å²) in [5.41, 5.74) is 4.38. The number of ether oxygens (including phenoxy) is 1. The molecule has 5 rings (SSSR count). The molecule has 4 aromatic rings. The summed E-state index contributed by atoms with van der Waals surface area (Å²) < 4.78 is 6.99. The number of aromatic nitrogens is 5. The van der Waals surface area contributed by atoms with Gasteiger partial charge in [-0.15, -0.1) is 0 Å². The molecule has 3 aromatic heterocycles.